The van der Waals surface area contributed by atoms with Crippen molar-refractivity contribution in [3.63, 3.8) is 0 Å². The number of para-hydroxylation sites is 1. The van der Waals surface area contributed by atoms with Crippen LogP contribution in [0.25, 0.3) is 22.2 Å². The van der Waals surface area contributed by atoms with E-state index in [2.05, 4.69) is 23.8 Å². The zero-order valence-corrected chi connectivity index (χ0v) is 16.4. The Hall–Kier alpha value is -2.82. The summed E-state index contributed by atoms with van der Waals surface area (Å²) in [5.41, 5.74) is 4.11. The molecule has 0 saturated carbocycles. The standard InChI is InChI=1S/C22H26N4O/c1-5-8-16(4)26(6-2)22(27)19-11-20(17-12-23-14-24-13-17)25-21-15(3)9-7-10-18(19)21/h7,9-14,16H,5-6,8H2,1-4H3. The van der Waals surface area contributed by atoms with Crippen LogP contribution in [0.5, 0.6) is 0 Å². The highest BCUT2D eigenvalue weighted by Crippen LogP contribution is 2.27. The van der Waals surface area contributed by atoms with Crippen molar-refractivity contribution in [2.45, 2.75) is 46.6 Å². The number of rotatable bonds is 6. The molecule has 0 saturated heterocycles. The molecular formula is C22H26N4O. The zero-order valence-electron chi connectivity index (χ0n) is 16.4. The molecule has 0 N–H and O–H groups in total. The van der Waals surface area contributed by atoms with Gasteiger partial charge in [0.05, 0.1) is 16.8 Å². The molecule has 0 radical (unpaired) electrons. The predicted octanol–water partition coefficient (Wildman–Crippen LogP) is 4.65. The number of nitrogens with zero attached hydrogens (tertiary/aromatic N) is 4. The lowest BCUT2D eigenvalue weighted by atomic mass is 10.0. The van der Waals surface area contributed by atoms with E-state index in [9.17, 15) is 4.79 Å². The van der Waals surface area contributed by atoms with Crippen LogP contribution in [0.1, 0.15) is 49.5 Å². The molecule has 0 spiro atoms. The molecule has 0 bridgehead atoms. The fourth-order valence-corrected chi connectivity index (χ4v) is 3.53. The topological polar surface area (TPSA) is 59.0 Å². The van der Waals surface area contributed by atoms with Crippen molar-refractivity contribution < 1.29 is 4.79 Å². The maximum Gasteiger partial charge on any atom is 0.254 e. The third-order valence-corrected chi connectivity index (χ3v) is 4.97. The van der Waals surface area contributed by atoms with E-state index >= 15 is 0 Å². The Kier molecular flexibility index (Phi) is 5.79. The van der Waals surface area contributed by atoms with Gasteiger partial charge >= 0.3 is 0 Å². The molecule has 140 valence electrons. The normalized spacial score (nSPS) is 12.1. The molecule has 0 aliphatic rings. The molecule has 2 aromatic heterocycles. The van der Waals surface area contributed by atoms with Crippen LogP contribution in [0, 0.1) is 6.92 Å². The van der Waals surface area contributed by atoms with Crippen molar-refractivity contribution in [3.8, 4) is 11.3 Å². The van der Waals surface area contributed by atoms with Gasteiger partial charge in [0.1, 0.15) is 6.33 Å². The van der Waals surface area contributed by atoms with Gasteiger partial charge in [-0.1, -0.05) is 31.5 Å². The first-order chi connectivity index (χ1) is 13.1. The third-order valence-electron chi connectivity index (χ3n) is 4.97. The van der Waals surface area contributed by atoms with Crippen molar-refractivity contribution >= 4 is 16.8 Å². The van der Waals surface area contributed by atoms with Crippen molar-refractivity contribution in [1.82, 2.24) is 19.9 Å². The molecule has 1 amide bonds. The second-order valence-corrected chi connectivity index (χ2v) is 6.88. The molecule has 1 aromatic carbocycles. The van der Waals surface area contributed by atoms with Gasteiger partial charge in [0.25, 0.3) is 5.91 Å². The molecule has 1 unspecified atom stereocenters. The maximum absolute atomic E-state index is 13.5. The minimum atomic E-state index is 0.0505. The van der Waals surface area contributed by atoms with Crippen LogP contribution in [-0.4, -0.2) is 38.3 Å². The maximum atomic E-state index is 13.5. The number of hydrogen-bond acceptors (Lipinski definition) is 4. The van der Waals surface area contributed by atoms with E-state index in [0.717, 1.165) is 40.6 Å². The molecule has 3 rings (SSSR count). The van der Waals surface area contributed by atoms with Crippen LogP contribution in [0.4, 0.5) is 0 Å². The first-order valence-electron chi connectivity index (χ1n) is 9.53. The lowest BCUT2D eigenvalue weighted by Gasteiger charge is -2.28. The van der Waals surface area contributed by atoms with Crippen LogP contribution in [0.15, 0.2) is 43.0 Å². The molecule has 3 aromatic rings. The molecule has 5 nitrogen and oxygen atoms in total. The number of carbonyl (C=O) groups excluding carboxylic acids is 1. The minimum Gasteiger partial charge on any atom is -0.336 e. The number of hydrogen-bond donors (Lipinski definition) is 0. The number of fused-ring (bicyclic) bond motifs is 1. The molecule has 5 heteroatoms. The first-order valence-corrected chi connectivity index (χ1v) is 9.53. The van der Waals surface area contributed by atoms with Crippen LogP contribution in [0.3, 0.4) is 0 Å². The Labute approximate surface area is 160 Å². The number of amides is 1. The van der Waals surface area contributed by atoms with Gasteiger partial charge in [-0.05, 0) is 38.8 Å². The van der Waals surface area contributed by atoms with Crippen LogP contribution >= 0.6 is 0 Å². The fourth-order valence-electron chi connectivity index (χ4n) is 3.53. The van der Waals surface area contributed by atoms with Crippen molar-refractivity contribution in [2.24, 2.45) is 0 Å². The summed E-state index contributed by atoms with van der Waals surface area (Å²) in [6, 6.07) is 8.05. The van der Waals surface area contributed by atoms with E-state index in [0.29, 0.717) is 12.1 Å². The first kappa shape index (κ1) is 19.0. The molecule has 0 aliphatic carbocycles. The number of aromatic nitrogens is 3. The Bertz CT molecular complexity index is 940. The van der Waals surface area contributed by atoms with Gasteiger partial charge in [0, 0.05) is 35.9 Å². The monoisotopic (exact) mass is 362 g/mol. The summed E-state index contributed by atoms with van der Waals surface area (Å²) in [6.45, 7) is 9.00. The van der Waals surface area contributed by atoms with Crippen LogP contribution in [0.2, 0.25) is 0 Å². The van der Waals surface area contributed by atoms with Gasteiger partial charge < -0.3 is 4.90 Å². The zero-order chi connectivity index (χ0) is 19.4. The summed E-state index contributed by atoms with van der Waals surface area (Å²) in [6.07, 6.45) is 6.98. The van der Waals surface area contributed by atoms with E-state index in [1.54, 1.807) is 12.4 Å². The van der Waals surface area contributed by atoms with Crippen LogP contribution < -0.4 is 0 Å². The van der Waals surface area contributed by atoms with Gasteiger partial charge in [0.15, 0.2) is 0 Å². The highest BCUT2D eigenvalue weighted by Gasteiger charge is 2.23. The quantitative estimate of drug-likeness (QED) is 0.640. The number of carbonyl (C=O) groups is 1. The van der Waals surface area contributed by atoms with E-state index in [-0.39, 0.29) is 11.9 Å². The lowest BCUT2D eigenvalue weighted by molar-refractivity contribution is 0.0697. The number of aryl methyl sites for hydroxylation is 1. The number of benzene rings is 1. The Morgan fingerprint density at radius 3 is 2.59 bits per heavy atom. The Balaban J connectivity index is 2.18. The van der Waals surface area contributed by atoms with E-state index in [4.69, 9.17) is 4.98 Å². The van der Waals surface area contributed by atoms with Crippen molar-refractivity contribution in [3.05, 3.63) is 54.1 Å². The minimum absolute atomic E-state index is 0.0505. The molecule has 0 fully saturated rings. The summed E-state index contributed by atoms with van der Waals surface area (Å²) >= 11 is 0. The smallest absolute Gasteiger partial charge is 0.254 e. The highest BCUT2D eigenvalue weighted by atomic mass is 16.2. The Morgan fingerprint density at radius 2 is 1.93 bits per heavy atom. The van der Waals surface area contributed by atoms with Crippen LogP contribution in [-0.2, 0) is 0 Å². The summed E-state index contributed by atoms with van der Waals surface area (Å²) in [7, 11) is 0. The largest absolute Gasteiger partial charge is 0.336 e. The van der Waals surface area contributed by atoms with Gasteiger partial charge in [-0.25, -0.2) is 15.0 Å². The number of pyridine rings is 1. The summed E-state index contributed by atoms with van der Waals surface area (Å²) in [4.78, 5) is 28.4. The van der Waals surface area contributed by atoms with Crippen molar-refractivity contribution in [2.75, 3.05) is 6.54 Å². The highest BCUT2D eigenvalue weighted by molar-refractivity contribution is 6.07. The van der Waals surface area contributed by atoms with Gasteiger partial charge in [-0.15, -0.1) is 0 Å². The second kappa shape index (κ2) is 8.25. The third kappa shape index (κ3) is 3.82. The van der Waals surface area contributed by atoms with Crippen molar-refractivity contribution in [1.29, 1.82) is 0 Å². The van der Waals surface area contributed by atoms with Gasteiger partial charge in [-0.3, -0.25) is 4.79 Å². The van der Waals surface area contributed by atoms with Gasteiger partial charge in [0.2, 0.25) is 0 Å². The second-order valence-electron chi connectivity index (χ2n) is 6.88. The molecular weight excluding hydrogens is 336 g/mol. The van der Waals surface area contributed by atoms with E-state index in [1.807, 2.05) is 43.0 Å². The molecule has 0 aliphatic heterocycles. The average molecular weight is 362 g/mol. The molecule has 1 atom stereocenters. The van der Waals surface area contributed by atoms with E-state index in [1.165, 1.54) is 6.33 Å². The molecule has 27 heavy (non-hydrogen) atoms. The predicted molar refractivity (Wildman–Crippen MR) is 109 cm³/mol. The fraction of sp³-hybridized carbons (Fsp3) is 0.364. The summed E-state index contributed by atoms with van der Waals surface area (Å²) < 4.78 is 0. The Morgan fingerprint density at radius 1 is 1.19 bits per heavy atom. The summed E-state index contributed by atoms with van der Waals surface area (Å²) in [5, 5.41) is 0.891. The SMILES string of the molecule is CCCC(C)N(CC)C(=O)c1cc(-c2cncnc2)nc2c(C)cccc12. The van der Waals surface area contributed by atoms with E-state index < -0.39 is 0 Å². The lowest BCUT2D eigenvalue weighted by Crippen LogP contribution is -2.38. The van der Waals surface area contributed by atoms with Gasteiger partial charge in [-0.2, -0.15) is 0 Å². The summed E-state index contributed by atoms with van der Waals surface area (Å²) in [5.74, 6) is 0.0505. The average Bonchev–Trinajstić information content (AvgIpc) is 2.69. The molecule has 2 heterocycles.